The minimum Gasteiger partial charge on any atom is -0.481 e. The van der Waals surface area contributed by atoms with Gasteiger partial charge < -0.3 is 15.7 Å². The summed E-state index contributed by atoms with van der Waals surface area (Å²) in [6.45, 7) is 2.22. The zero-order valence-corrected chi connectivity index (χ0v) is 9.95. The maximum Gasteiger partial charge on any atom is 0.307 e. The van der Waals surface area contributed by atoms with Crippen molar-refractivity contribution in [2.75, 3.05) is 18.9 Å². The molecule has 0 fully saturated rings. The fraction of sp³-hybridized carbons (Fsp3) is 0.889. The second-order valence-electron chi connectivity index (χ2n) is 3.72. The zero-order chi connectivity index (χ0) is 11.9. The molecule has 0 spiro atoms. The molecule has 0 amide bonds. The van der Waals surface area contributed by atoms with E-state index >= 15 is 0 Å². The van der Waals surface area contributed by atoms with E-state index in [1.165, 1.54) is 0 Å². The highest BCUT2D eigenvalue weighted by atomic mass is 31.2. The Kier molecular flexibility index (Phi) is 6.81. The van der Waals surface area contributed by atoms with E-state index in [2.05, 4.69) is 0 Å². The third-order valence-electron chi connectivity index (χ3n) is 2.20. The van der Waals surface area contributed by atoms with Crippen LogP contribution in [0.4, 0.5) is 0 Å². The zero-order valence-electron chi connectivity index (χ0n) is 9.06. The van der Waals surface area contributed by atoms with Crippen molar-refractivity contribution in [3.63, 3.8) is 0 Å². The van der Waals surface area contributed by atoms with Gasteiger partial charge in [-0.3, -0.25) is 9.36 Å². The lowest BCUT2D eigenvalue weighted by Crippen LogP contribution is -2.19. The lowest BCUT2D eigenvalue weighted by Gasteiger charge is -2.16. The minimum atomic E-state index is -3.31. The van der Waals surface area contributed by atoms with Gasteiger partial charge >= 0.3 is 5.97 Å². The van der Waals surface area contributed by atoms with Crippen molar-refractivity contribution in [3.05, 3.63) is 0 Å². The Morgan fingerprint density at radius 2 is 2.13 bits per heavy atom. The van der Waals surface area contributed by atoms with Gasteiger partial charge in [-0.2, -0.15) is 0 Å². The van der Waals surface area contributed by atoms with Crippen LogP contribution >= 0.6 is 7.37 Å². The molecule has 2 atom stereocenters. The molecule has 0 aliphatic carbocycles. The molecule has 0 aromatic carbocycles. The van der Waals surface area contributed by atoms with Crippen molar-refractivity contribution in [2.24, 2.45) is 11.7 Å². The fourth-order valence-corrected chi connectivity index (χ4v) is 3.30. The average molecular weight is 237 g/mol. The molecule has 4 N–H and O–H groups in total. The van der Waals surface area contributed by atoms with Crippen LogP contribution in [0, 0.1) is 5.92 Å². The lowest BCUT2D eigenvalue weighted by atomic mass is 10.1. The number of carbonyl (C=O) groups is 1. The van der Waals surface area contributed by atoms with Crippen LogP contribution in [0.15, 0.2) is 0 Å². The molecule has 6 heteroatoms. The monoisotopic (exact) mass is 237 g/mol. The standard InChI is InChI=1S/C9H20NO4P/c1-2-4-8(9(11)12)7-15(13,14)6-3-5-10/h8H,2-7,10H2,1H3,(H,11,12)(H,13,14). The summed E-state index contributed by atoms with van der Waals surface area (Å²) in [5, 5.41) is 8.84. The molecule has 0 aliphatic rings. The molecule has 0 radical (unpaired) electrons. The Labute approximate surface area is 90.1 Å². The third-order valence-corrected chi connectivity index (χ3v) is 4.23. The summed E-state index contributed by atoms with van der Waals surface area (Å²) in [4.78, 5) is 20.3. The van der Waals surface area contributed by atoms with E-state index in [0.717, 1.165) is 0 Å². The quantitative estimate of drug-likeness (QED) is 0.549. The predicted octanol–water partition coefficient (Wildman–Crippen LogP) is 1.11. The molecule has 0 aliphatic heterocycles. The van der Waals surface area contributed by atoms with Crippen LogP contribution in [-0.2, 0) is 9.36 Å². The normalized spacial score (nSPS) is 17.0. The number of nitrogens with two attached hydrogens (primary N) is 1. The van der Waals surface area contributed by atoms with Gasteiger partial charge in [0.25, 0.3) is 0 Å². The second-order valence-corrected chi connectivity index (χ2v) is 6.22. The van der Waals surface area contributed by atoms with Crippen molar-refractivity contribution in [3.8, 4) is 0 Å². The Balaban J connectivity index is 4.25. The van der Waals surface area contributed by atoms with Gasteiger partial charge in [0.1, 0.15) is 0 Å². The highest BCUT2D eigenvalue weighted by Crippen LogP contribution is 2.43. The molecule has 0 aromatic rings. The van der Waals surface area contributed by atoms with Gasteiger partial charge in [-0.25, -0.2) is 0 Å². The molecule has 0 saturated heterocycles. The van der Waals surface area contributed by atoms with Gasteiger partial charge in [-0.05, 0) is 19.4 Å². The topological polar surface area (TPSA) is 101 Å². The van der Waals surface area contributed by atoms with Gasteiger partial charge in [-0.15, -0.1) is 0 Å². The van der Waals surface area contributed by atoms with Crippen molar-refractivity contribution in [1.82, 2.24) is 0 Å². The molecule has 0 saturated carbocycles. The summed E-state index contributed by atoms with van der Waals surface area (Å²) >= 11 is 0. The van der Waals surface area contributed by atoms with E-state index in [1.807, 2.05) is 6.92 Å². The average Bonchev–Trinajstić information content (AvgIpc) is 2.14. The first-order valence-electron chi connectivity index (χ1n) is 5.16. The maximum absolute atomic E-state index is 11.6. The molecule has 5 nitrogen and oxygen atoms in total. The van der Waals surface area contributed by atoms with Crippen LogP contribution in [0.2, 0.25) is 0 Å². The minimum absolute atomic E-state index is 0.122. The molecule has 0 heterocycles. The molecule has 2 unspecified atom stereocenters. The van der Waals surface area contributed by atoms with Crippen LogP contribution in [0.1, 0.15) is 26.2 Å². The van der Waals surface area contributed by atoms with Crippen molar-refractivity contribution in [1.29, 1.82) is 0 Å². The maximum atomic E-state index is 11.6. The molecule has 0 bridgehead atoms. The number of carboxylic acid groups (broad SMARTS) is 1. The van der Waals surface area contributed by atoms with E-state index in [0.29, 0.717) is 25.8 Å². The molecule has 90 valence electrons. The van der Waals surface area contributed by atoms with Gasteiger partial charge in [0.2, 0.25) is 7.37 Å². The van der Waals surface area contributed by atoms with Crippen LogP contribution in [0.5, 0.6) is 0 Å². The van der Waals surface area contributed by atoms with Crippen LogP contribution in [-0.4, -0.2) is 34.8 Å². The number of hydrogen-bond acceptors (Lipinski definition) is 3. The Morgan fingerprint density at radius 1 is 1.53 bits per heavy atom. The summed E-state index contributed by atoms with van der Waals surface area (Å²) in [6, 6.07) is 0. The molecular formula is C9H20NO4P. The fourth-order valence-electron chi connectivity index (χ4n) is 1.42. The summed E-state index contributed by atoms with van der Waals surface area (Å²) in [5.41, 5.74) is 5.24. The third kappa shape index (κ3) is 6.66. The number of hydrogen-bond donors (Lipinski definition) is 3. The Hall–Kier alpha value is -0.380. The van der Waals surface area contributed by atoms with Crippen LogP contribution in [0.3, 0.4) is 0 Å². The van der Waals surface area contributed by atoms with E-state index in [-0.39, 0.29) is 12.3 Å². The predicted molar refractivity (Wildman–Crippen MR) is 59.3 cm³/mol. The van der Waals surface area contributed by atoms with E-state index in [1.54, 1.807) is 0 Å². The summed E-state index contributed by atoms with van der Waals surface area (Å²) in [7, 11) is -3.31. The number of carboxylic acids is 1. The highest BCUT2D eigenvalue weighted by molar-refractivity contribution is 7.58. The lowest BCUT2D eigenvalue weighted by molar-refractivity contribution is -0.141. The van der Waals surface area contributed by atoms with Gasteiger partial charge in [0.15, 0.2) is 0 Å². The molecular weight excluding hydrogens is 217 g/mol. The van der Waals surface area contributed by atoms with Crippen molar-refractivity contribution >= 4 is 13.3 Å². The number of rotatable bonds is 8. The van der Waals surface area contributed by atoms with Gasteiger partial charge in [0, 0.05) is 12.3 Å². The van der Waals surface area contributed by atoms with E-state index in [9.17, 15) is 14.3 Å². The first-order chi connectivity index (χ1) is 6.93. The molecule has 15 heavy (non-hydrogen) atoms. The highest BCUT2D eigenvalue weighted by Gasteiger charge is 2.27. The summed E-state index contributed by atoms with van der Waals surface area (Å²) in [6.07, 6.45) is 1.61. The van der Waals surface area contributed by atoms with E-state index < -0.39 is 19.3 Å². The largest absolute Gasteiger partial charge is 0.481 e. The summed E-state index contributed by atoms with van der Waals surface area (Å²) in [5.74, 6) is -1.69. The molecule has 0 rings (SSSR count). The van der Waals surface area contributed by atoms with Crippen LogP contribution in [0.25, 0.3) is 0 Å². The first-order valence-corrected chi connectivity index (χ1v) is 7.19. The number of aliphatic carboxylic acids is 1. The SMILES string of the molecule is CCCC(CP(=O)(O)CCCN)C(=O)O. The van der Waals surface area contributed by atoms with Crippen molar-refractivity contribution < 1.29 is 19.4 Å². The van der Waals surface area contributed by atoms with Crippen LogP contribution < -0.4 is 5.73 Å². The Morgan fingerprint density at radius 3 is 2.53 bits per heavy atom. The molecule has 0 aromatic heterocycles. The second kappa shape index (κ2) is 6.99. The smallest absolute Gasteiger partial charge is 0.307 e. The van der Waals surface area contributed by atoms with Gasteiger partial charge in [0.05, 0.1) is 5.92 Å². The van der Waals surface area contributed by atoms with E-state index in [4.69, 9.17) is 10.8 Å². The van der Waals surface area contributed by atoms with Crippen molar-refractivity contribution in [2.45, 2.75) is 26.2 Å². The first kappa shape index (κ1) is 14.6. The Bertz CT molecular complexity index is 244. The van der Waals surface area contributed by atoms with Gasteiger partial charge in [-0.1, -0.05) is 13.3 Å². The summed E-state index contributed by atoms with van der Waals surface area (Å²) < 4.78 is 11.6.